The van der Waals surface area contributed by atoms with Crippen molar-refractivity contribution in [1.82, 2.24) is 0 Å². The van der Waals surface area contributed by atoms with Crippen LogP contribution in [0.3, 0.4) is 0 Å². The minimum atomic E-state index is 0.00708. The van der Waals surface area contributed by atoms with E-state index in [1.807, 2.05) is 6.92 Å². The molecule has 0 spiro atoms. The fraction of sp³-hybridized carbons (Fsp3) is 0.692. The Morgan fingerprint density at radius 2 is 1.79 bits per heavy atom. The summed E-state index contributed by atoms with van der Waals surface area (Å²) in [5.41, 5.74) is 8.52. The molecule has 0 aromatic carbocycles. The van der Waals surface area contributed by atoms with Gasteiger partial charge in [-0.2, -0.15) is 0 Å². The van der Waals surface area contributed by atoms with Crippen LogP contribution in [0.1, 0.15) is 52.9 Å². The summed E-state index contributed by atoms with van der Waals surface area (Å²) >= 11 is 0. The van der Waals surface area contributed by atoms with E-state index in [1.54, 1.807) is 0 Å². The van der Waals surface area contributed by atoms with Gasteiger partial charge in [0.05, 0.1) is 0 Å². The predicted octanol–water partition coefficient (Wildman–Crippen LogP) is 3.81. The summed E-state index contributed by atoms with van der Waals surface area (Å²) in [6.07, 6.45) is 5.32. The zero-order valence-corrected chi connectivity index (χ0v) is 10.0. The second kappa shape index (κ2) is 6.02. The van der Waals surface area contributed by atoms with E-state index in [9.17, 15) is 0 Å². The maximum atomic E-state index is 6.29. The van der Waals surface area contributed by atoms with Gasteiger partial charge < -0.3 is 5.73 Å². The van der Waals surface area contributed by atoms with Crippen molar-refractivity contribution in [2.24, 2.45) is 5.73 Å². The Balaban J connectivity index is 4.07. The van der Waals surface area contributed by atoms with Crippen LogP contribution in [-0.4, -0.2) is 5.54 Å². The lowest BCUT2D eigenvalue weighted by molar-refractivity contribution is 0.350. The zero-order valence-electron chi connectivity index (χ0n) is 10.0. The van der Waals surface area contributed by atoms with Gasteiger partial charge in [0.1, 0.15) is 0 Å². The van der Waals surface area contributed by atoms with Crippen LogP contribution in [0, 0.1) is 0 Å². The molecule has 0 saturated carbocycles. The van der Waals surface area contributed by atoms with Crippen molar-refractivity contribution >= 4 is 0 Å². The lowest BCUT2D eigenvalue weighted by Gasteiger charge is -2.28. The second-order valence-corrected chi connectivity index (χ2v) is 4.35. The zero-order chi connectivity index (χ0) is 11.2. The minimum Gasteiger partial charge on any atom is -0.325 e. The van der Waals surface area contributed by atoms with Crippen LogP contribution in [0.5, 0.6) is 0 Å². The Hall–Kier alpha value is -0.560. The van der Waals surface area contributed by atoms with E-state index in [-0.39, 0.29) is 5.54 Å². The van der Waals surface area contributed by atoms with Crippen LogP contribution in [0.2, 0.25) is 0 Å². The van der Waals surface area contributed by atoms with Crippen LogP contribution >= 0.6 is 0 Å². The molecule has 0 heterocycles. The van der Waals surface area contributed by atoms with Crippen LogP contribution in [-0.2, 0) is 0 Å². The molecule has 14 heavy (non-hydrogen) atoms. The molecule has 0 aliphatic heterocycles. The smallest absolute Gasteiger partial charge is 0.0154 e. The molecular weight excluding hydrogens is 170 g/mol. The molecule has 0 aliphatic rings. The van der Waals surface area contributed by atoms with E-state index in [2.05, 4.69) is 27.0 Å². The van der Waals surface area contributed by atoms with Gasteiger partial charge in [-0.1, -0.05) is 44.6 Å². The summed E-state index contributed by atoms with van der Waals surface area (Å²) < 4.78 is 0. The number of nitrogens with two attached hydrogens (primary N) is 1. The van der Waals surface area contributed by atoms with Gasteiger partial charge in [0.15, 0.2) is 0 Å². The number of hydrogen-bond acceptors (Lipinski definition) is 1. The first kappa shape index (κ1) is 13.4. The van der Waals surface area contributed by atoms with E-state index in [0.717, 1.165) is 43.3 Å². The molecule has 0 aromatic heterocycles. The average Bonchev–Trinajstić information content (AvgIpc) is 2.14. The van der Waals surface area contributed by atoms with Gasteiger partial charge >= 0.3 is 0 Å². The van der Waals surface area contributed by atoms with Crippen molar-refractivity contribution in [2.45, 2.75) is 58.4 Å². The van der Waals surface area contributed by atoms with Crippen molar-refractivity contribution < 1.29 is 0 Å². The van der Waals surface area contributed by atoms with Gasteiger partial charge in [-0.3, -0.25) is 0 Å². The summed E-state index contributed by atoms with van der Waals surface area (Å²) in [6.45, 7) is 14.2. The molecule has 0 radical (unpaired) electrons. The molecule has 0 bridgehead atoms. The summed E-state index contributed by atoms with van der Waals surface area (Å²) in [6, 6.07) is 0. The molecule has 0 fully saturated rings. The van der Waals surface area contributed by atoms with E-state index in [4.69, 9.17) is 5.73 Å². The third kappa shape index (κ3) is 4.61. The highest BCUT2D eigenvalue weighted by Gasteiger charge is 2.21. The molecule has 0 aromatic rings. The number of rotatable bonds is 7. The monoisotopic (exact) mass is 195 g/mol. The normalized spacial score (nSPS) is 14.9. The van der Waals surface area contributed by atoms with Crippen LogP contribution < -0.4 is 5.73 Å². The highest BCUT2D eigenvalue weighted by atomic mass is 14.7. The molecule has 1 atom stereocenters. The number of allylic oxidation sites excluding steroid dienone is 2. The van der Waals surface area contributed by atoms with Gasteiger partial charge in [0.25, 0.3) is 0 Å². The van der Waals surface area contributed by atoms with Crippen molar-refractivity contribution in [2.75, 3.05) is 0 Å². The van der Waals surface area contributed by atoms with Gasteiger partial charge in [-0.25, -0.2) is 0 Å². The second-order valence-electron chi connectivity index (χ2n) is 4.35. The molecule has 0 saturated heterocycles. The van der Waals surface area contributed by atoms with E-state index in [0.29, 0.717) is 0 Å². The molecule has 1 unspecified atom stereocenters. The van der Waals surface area contributed by atoms with Crippen LogP contribution in [0.4, 0.5) is 0 Å². The summed E-state index contributed by atoms with van der Waals surface area (Å²) in [4.78, 5) is 0. The highest BCUT2D eigenvalue weighted by molar-refractivity contribution is 5.22. The van der Waals surface area contributed by atoms with Gasteiger partial charge in [-0.15, -0.1) is 0 Å². The van der Waals surface area contributed by atoms with Gasteiger partial charge in [0.2, 0.25) is 0 Å². The van der Waals surface area contributed by atoms with Crippen molar-refractivity contribution in [3.63, 3.8) is 0 Å². The van der Waals surface area contributed by atoms with E-state index in [1.165, 1.54) is 0 Å². The molecule has 0 amide bonds. The molecule has 82 valence electrons. The predicted molar refractivity (Wildman–Crippen MR) is 65.3 cm³/mol. The Kier molecular flexibility index (Phi) is 5.78. The lowest BCUT2D eigenvalue weighted by atomic mass is 9.85. The third-order valence-corrected chi connectivity index (χ3v) is 2.98. The van der Waals surface area contributed by atoms with Crippen molar-refractivity contribution in [3.8, 4) is 0 Å². The fourth-order valence-corrected chi connectivity index (χ4v) is 1.59. The first-order valence-electron chi connectivity index (χ1n) is 5.57. The Labute approximate surface area is 89.1 Å². The minimum absolute atomic E-state index is 0.00708. The van der Waals surface area contributed by atoms with Crippen molar-refractivity contribution in [3.05, 3.63) is 24.3 Å². The number of hydrogen-bond donors (Lipinski definition) is 1. The molecular formula is C13H25N. The van der Waals surface area contributed by atoms with Gasteiger partial charge in [0, 0.05) is 5.54 Å². The first-order valence-corrected chi connectivity index (χ1v) is 5.57. The molecule has 1 nitrogen and oxygen atoms in total. The van der Waals surface area contributed by atoms with Gasteiger partial charge in [-0.05, 0) is 32.6 Å². The fourth-order valence-electron chi connectivity index (χ4n) is 1.59. The molecule has 2 N–H and O–H groups in total. The van der Waals surface area contributed by atoms with Crippen LogP contribution in [0.15, 0.2) is 24.3 Å². The molecule has 1 heteroatoms. The SMILES string of the molecule is C=C(C)C(=C)CCC(N)(CC)CCC. The summed E-state index contributed by atoms with van der Waals surface area (Å²) in [5.74, 6) is 0. The molecule has 0 rings (SSSR count). The topological polar surface area (TPSA) is 26.0 Å². The van der Waals surface area contributed by atoms with Crippen LogP contribution in [0.25, 0.3) is 0 Å². The van der Waals surface area contributed by atoms with E-state index >= 15 is 0 Å². The molecule has 0 aliphatic carbocycles. The summed E-state index contributed by atoms with van der Waals surface area (Å²) in [7, 11) is 0. The quantitative estimate of drug-likeness (QED) is 0.614. The van der Waals surface area contributed by atoms with E-state index < -0.39 is 0 Å². The first-order chi connectivity index (χ1) is 6.45. The largest absolute Gasteiger partial charge is 0.325 e. The maximum Gasteiger partial charge on any atom is 0.0154 e. The Bertz CT molecular complexity index is 205. The maximum absolute atomic E-state index is 6.29. The third-order valence-electron chi connectivity index (χ3n) is 2.98. The average molecular weight is 195 g/mol. The van der Waals surface area contributed by atoms with Crippen molar-refractivity contribution in [1.29, 1.82) is 0 Å². The standard InChI is InChI=1S/C13H25N/c1-6-9-13(14,7-2)10-8-12(5)11(3)4/h3,5-10,14H2,1-2,4H3. The Morgan fingerprint density at radius 1 is 1.21 bits per heavy atom. The lowest BCUT2D eigenvalue weighted by Crippen LogP contribution is -2.38. The summed E-state index contributed by atoms with van der Waals surface area (Å²) in [5, 5.41) is 0. The Morgan fingerprint density at radius 3 is 2.14 bits per heavy atom. The highest BCUT2D eigenvalue weighted by Crippen LogP contribution is 2.24.